The third-order valence-electron chi connectivity index (χ3n) is 2.64. The summed E-state index contributed by atoms with van der Waals surface area (Å²) >= 11 is 0. The van der Waals surface area contributed by atoms with Gasteiger partial charge in [0.05, 0.1) is 7.11 Å². The minimum Gasteiger partial charge on any atom is -0.497 e. The van der Waals surface area contributed by atoms with Crippen LogP contribution in [-0.4, -0.2) is 7.11 Å². The highest BCUT2D eigenvalue weighted by Crippen LogP contribution is 2.12. The number of rotatable bonds is 5. The van der Waals surface area contributed by atoms with E-state index in [2.05, 4.69) is 41.7 Å². The van der Waals surface area contributed by atoms with E-state index in [1.165, 1.54) is 11.1 Å². The minimum absolute atomic E-state index is 0.853. The number of benzene rings is 2. The molecule has 0 heterocycles. The van der Waals surface area contributed by atoms with Crippen LogP contribution in [0.3, 0.4) is 0 Å². The summed E-state index contributed by atoms with van der Waals surface area (Å²) in [6.07, 6.45) is 0. The number of hydrogen-bond donors (Lipinski definition) is 1. The lowest BCUT2D eigenvalue weighted by atomic mass is 10.2. The van der Waals surface area contributed by atoms with Crippen LogP contribution in [0.1, 0.15) is 11.1 Å². The van der Waals surface area contributed by atoms with E-state index in [1.807, 2.05) is 18.2 Å². The Morgan fingerprint density at radius 2 is 1.59 bits per heavy atom. The van der Waals surface area contributed by atoms with Crippen molar-refractivity contribution in [2.45, 2.75) is 13.1 Å². The first-order chi connectivity index (χ1) is 8.38. The van der Waals surface area contributed by atoms with Gasteiger partial charge < -0.3 is 10.1 Å². The largest absolute Gasteiger partial charge is 0.497 e. The van der Waals surface area contributed by atoms with E-state index in [0.29, 0.717) is 0 Å². The van der Waals surface area contributed by atoms with Crippen molar-refractivity contribution in [2.24, 2.45) is 0 Å². The normalized spacial score (nSPS) is 10.2. The van der Waals surface area contributed by atoms with Crippen molar-refractivity contribution in [3.63, 3.8) is 0 Å². The van der Waals surface area contributed by atoms with Crippen LogP contribution >= 0.6 is 0 Å². The van der Waals surface area contributed by atoms with Crippen LogP contribution in [0.15, 0.2) is 54.6 Å². The molecule has 0 amide bonds. The SMILES string of the molecule is COc1cccc(CNCc2ccccc2)c1. The Hall–Kier alpha value is -1.80. The summed E-state index contributed by atoms with van der Waals surface area (Å²) in [6, 6.07) is 18.5. The molecule has 0 radical (unpaired) electrons. The summed E-state index contributed by atoms with van der Waals surface area (Å²) in [5.41, 5.74) is 2.54. The molecule has 0 bridgehead atoms. The van der Waals surface area contributed by atoms with Gasteiger partial charge in [-0.2, -0.15) is 0 Å². The van der Waals surface area contributed by atoms with Crippen LogP contribution in [0, 0.1) is 0 Å². The molecule has 88 valence electrons. The molecule has 0 atom stereocenters. The summed E-state index contributed by atoms with van der Waals surface area (Å²) in [5, 5.41) is 3.41. The van der Waals surface area contributed by atoms with Crippen molar-refractivity contribution < 1.29 is 4.74 Å². The zero-order valence-electron chi connectivity index (χ0n) is 10.0. The first-order valence-corrected chi connectivity index (χ1v) is 5.76. The second-order valence-electron chi connectivity index (χ2n) is 3.94. The molecule has 0 aromatic heterocycles. The Bertz CT molecular complexity index is 453. The van der Waals surface area contributed by atoms with Gasteiger partial charge in [0.15, 0.2) is 0 Å². The maximum atomic E-state index is 5.19. The predicted molar refractivity (Wildman–Crippen MR) is 70.0 cm³/mol. The highest BCUT2D eigenvalue weighted by Gasteiger charge is 1.96. The Morgan fingerprint density at radius 3 is 2.35 bits per heavy atom. The maximum Gasteiger partial charge on any atom is 0.119 e. The van der Waals surface area contributed by atoms with Gasteiger partial charge in [-0.25, -0.2) is 0 Å². The maximum absolute atomic E-state index is 5.19. The molecular formula is C15H17NO. The smallest absolute Gasteiger partial charge is 0.119 e. The van der Waals surface area contributed by atoms with Crippen LogP contribution < -0.4 is 10.1 Å². The van der Waals surface area contributed by atoms with Gasteiger partial charge in [-0.3, -0.25) is 0 Å². The van der Waals surface area contributed by atoms with Gasteiger partial charge in [0.25, 0.3) is 0 Å². The molecule has 0 spiro atoms. The average Bonchev–Trinajstić information content (AvgIpc) is 2.40. The number of nitrogens with one attached hydrogen (secondary N) is 1. The molecule has 2 rings (SSSR count). The Labute approximate surface area is 102 Å². The molecule has 2 aromatic rings. The summed E-state index contributed by atoms with van der Waals surface area (Å²) in [5.74, 6) is 0.906. The second kappa shape index (κ2) is 6.06. The summed E-state index contributed by atoms with van der Waals surface area (Å²) < 4.78 is 5.19. The molecule has 0 saturated heterocycles. The van der Waals surface area contributed by atoms with Gasteiger partial charge in [0, 0.05) is 13.1 Å². The van der Waals surface area contributed by atoms with Crippen molar-refractivity contribution >= 4 is 0 Å². The van der Waals surface area contributed by atoms with Crippen LogP contribution in [0.4, 0.5) is 0 Å². The molecule has 0 fully saturated rings. The average molecular weight is 227 g/mol. The Kier molecular flexibility index (Phi) is 4.17. The van der Waals surface area contributed by atoms with Gasteiger partial charge in [-0.05, 0) is 23.3 Å². The first kappa shape index (κ1) is 11.7. The molecular weight excluding hydrogens is 210 g/mol. The lowest BCUT2D eigenvalue weighted by Gasteiger charge is -2.06. The molecule has 1 N–H and O–H groups in total. The van der Waals surface area contributed by atoms with E-state index in [1.54, 1.807) is 7.11 Å². The molecule has 2 heteroatoms. The fourth-order valence-corrected chi connectivity index (χ4v) is 1.73. The fourth-order valence-electron chi connectivity index (χ4n) is 1.73. The van der Waals surface area contributed by atoms with Crippen molar-refractivity contribution in [1.82, 2.24) is 5.32 Å². The van der Waals surface area contributed by atoms with Crippen LogP contribution in [0.5, 0.6) is 5.75 Å². The number of hydrogen-bond acceptors (Lipinski definition) is 2. The standard InChI is InChI=1S/C15H17NO/c1-17-15-9-5-8-14(10-15)12-16-11-13-6-3-2-4-7-13/h2-10,16H,11-12H2,1H3. The molecule has 0 aliphatic heterocycles. The quantitative estimate of drug-likeness (QED) is 0.848. The van der Waals surface area contributed by atoms with Crippen LogP contribution in [0.2, 0.25) is 0 Å². The van der Waals surface area contributed by atoms with E-state index >= 15 is 0 Å². The summed E-state index contributed by atoms with van der Waals surface area (Å²) in [7, 11) is 1.69. The molecule has 0 aliphatic rings. The number of ether oxygens (including phenoxy) is 1. The van der Waals surface area contributed by atoms with Crippen molar-refractivity contribution in [3.8, 4) is 5.75 Å². The van der Waals surface area contributed by atoms with Gasteiger partial charge in [-0.15, -0.1) is 0 Å². The molecule has 2 aromatic carbocycles. The second-order valence-corrected chi connectivity index (χ2v) is 3.94. The monoisotopic (exact) mass is 227 g/mol. The molecule has 0 saturated carbocycles. The molecule has 17 heavy (non-hydrogen) atoms. The van der Waals surface area contributed by atoms with Crippen molar-refractivity contribution in [2.75, 3.05) is 7.11 Å². The minimum atomic E-state index is 0.853. The van der Waals surface area contributed by atoms with E-state index in [4.69, 9.17) is 4.74 Å². The van der Waals surface area contributed by atoms with E-state index in [9.17, 15) is 0 Å². The molecule has 0 unspecified atom stereocenters. The summed E-state index contributed by atoms with van der Waals surface area (Å²) in [4.78, 5) is 0. The van der Waals surface area contributed by atoms with Gasteiger partial charge in [0.2, 0.25) is 0 Å². The third kappa shape index (κ3) is 3.61. The Balaban J connectivity index is 1.86. The highest BCUT2D eigenvalue weighted by molar-refractivity contribution is 5.28. The zero-order valence-corrected chi connectivity index (χ0v) is 10.0. The van der Waals surface area contributed by atoms with Crippen LogP contribution in [-0.2, 0) is 13.1 Å². The van der Waals surface area contributed by atoms with Gasteiger partial charge in [-0.1, -0.05) is 42.5 Å². The summed E-state index contributed by atoms with van der Waals surface area (Å²) in [6.45, 7) is 1.74. The zero-order chi connectivity index (χ0) is 11.9. The van der Waals surface area contributed by atoms with Crippen molar-refractivity contribution in [1.29, 1.82) is 0 Å². The van der Waals surface area contributed by atoms with E-state index in [0.717, 1.165) is 18.8 Å². The molecule has 2 nitrogen and oxygen atoms in total. The fraction of sp³-hybridized carbons (Fsp3) is 0.200. The van der Waals surface area contributed by atoms with Gasteiger partial charge >= 0.3 is 0 Å². The topological polar surface area (TPSA) is 21.3 Å². The predicted octanol–water partition coefficient (Wildman–Crippen LogP) is 2.99. The van der Waals surface area contributed by atoms with Gasteiger partial charge in [0.1, 0.15) is 5.75 Å². The number of methoxy groups -OCH3 is 1. The van der Waals surface area contributed by atoms with Crippen molar-refractivity contribution in [3.05, 3.63) is 65.7 Å². The first-order valence-electron chi connectivity index (χ1n) is 5.76. The van der Waals surface area contributed by atoms with E-state index < -0.39 is 0 Å². The Morgan fingerprint density at radius 1 is 0.882 bits per heavy atom. The lowest BCUT2D eigenvalue weighted by Crippen LogP contribution is -2.12. The third-order valence-corrected chi connectivity index (χ3v) is 2.64. The molecule has 0 aliphatic carbocycles. The van der Waals surface area contributed by atoms with Crippen LogP contribution in [0.25, 0.3) is 0 Å². The highest BCUT2D eigenvalue weighted by atomic mass is 16.5. The van der Waals surface area contributed by atoms with E-state index in [-0.39, 0.29) is 0 Å². The lowest BCUT2D eigenvalue weighted by molar-refractivity contribution is 0.414.